The second-order valence-corrected chi connectivity index (χ2v) is 14.0. The minimum Gasteiger partial charge on any atom is -0.497 e. The lowest BCUT2D eigenvalue weighted by atomic mass is 10.1. The second kappa shape index (κ2) is 12.4. The van der Waals surface area contributed by atoms with Gasteiger partial charge in [-0.15, -0.1) is 0 Å². The van der Waals surface area contributed by atoms with Crippen LogP contribution in [-0.2, 0) is 4.43 Å². The van der Waals surface area contributed by atoms with E-state index in [1.165, 1.54) is 31.2 Å². The molecule has 0 amide bonds. The topological polar surface area (TPSA) is 18.5 Å². The summed E-state index contributed by atoms with van der Waals surface area (Å²) in [5.41, 5.74) is 3.28. The van der Waals surface area contributed by atoms with Crippen molar-refractivity contribution in [2.24, 2.45) is 0 Å². The zero-order valence-corrected chi connectivity index (χ0v) is 19.8. The third-order valence-corrected chi connectivity index (χ3v) is 11.9. The molecule has 0 aromatic heterocycles. The molecule has 0 heterocycles. The Hall–Kier alpha value is -1.06. The average molecular weight is 391 g/mol. The summed E-state index contributed by atoms with van der Waals surface area (Å²) in [4.78, 5) is 0. The molecule has 0 spiro atoms. The maximum atomic E-state index is 6.63. The highest BCUT2D eigenvalue weighted by molar-refractivity contribution is 6.77. The van der Waals surface area contributed by atoms with Crippen LogP contribution in [0.3, 0.4) is 0 Å². The van der Waals surface area contributed by atoms with Gasteiger partial charge in [0.25, 0.3) is 0 Å². The van der Waals surface area contributed by atoms with Gasteiger partial charge >= 0.3 is 0 Å². The van der Waals surface area contributed by atoms with Crippen LogP contribution in [0, 0.1) is 0 Å². The monoisotopic (exact) mass is 390 g/mol. The summed E-state index contributed by atoms with van der Waals surface area (Å²) in [5, 5.41) is 0. The molecule has 0 fully saturated rings. The van der Waals surface area contributed by atoms with E-state index in [1.807, 2.05) is 12.1 Å². The molecule has 154 valence electrons. The van der Waals surface area contributed by atoms with Crippen LogP contribution in [0.1, 0.15) is 79.2 Å². The van der Waals surface area contributed by atoms with Gasteiger partial charge in [0.05, 0.1) is 7.11 Å². The van der Waals surface area contributed by atoms with E-state index in [9.17, 15) is 0 Å². The van der Waals surface area contributed by atoms with Gasteiger partial charge in [0.1, 0.15) is 5.75 Å². The van der Waals surface area contributed by atoms with Crippen LogP contribution in [0.25, 0.3) is 6.08 Å². The normalized spacial score (nSPS) is 12.7. The summed E-state index contributed by atoms with van der Waals surface area (Å²) < 4.78 is 11.8. The largest absolute Gasteiger partial charge is 0.497 e. The van der Waals surface area contributed by atoms with E-state index in [4.69, 9.17) is 9.16 Å². The summed E-state index contributed by atoms with van der Waals surface area (Å²) in [5.74, 6) is 0.911. The molecule has 1 aromatic carbocycles. The lowest BCUT2D eigenvalue weighted by Crippen LogP contribution is -2.47. The van der Waals surface area contributed by atoms with Crippen LogP contribution in [0.4, 0.5) is 0 Å². The van der Waals surface area contributed by atoms with Gasteiger partial charge in [-0.25, -0.2) is 0 Å². The van der Waals surface area contributed by atoms with Gasteiger partial charge < -0.3 is 9.16 Å². The fourth-order valence-corrected chi connectivity index (χ4v) is 9.90. The van der Waals surface area contributed by atoms with Crippen LogP contribution < -0.4 is 4.74 Å². The Balaban J connectivity index is 2.23. The Morgan fingerprint density at radius 3 is 1.89 bits per heavy atom. The SMILES string of the molecule is COc1ccc(/C=C/CCCCCCO[Si](C(C)C)(C(C)C)C(C)C)cc1. The molecule has 0 atom stereocenters. The first-order chi connectivity index (χ1) is 12.8. The minimum absolute atomic E-state index is 0.681. The fraction of sp³-hybridized carbons (Fsp3) is 0.667. The lowest BCUT2D eigenvalue weighted by molar-refractivity contribution is 0.268. The summed E-state index contributed by atoms with van der Waals surface area (Å²) in [6.45, 7) is 15.1. The summed E-state index contributed by atoms with van der Waals surface area (Å²) in [6, 6.07) is 8.21. The van der Waals surface area contributed by atoms with Crippen molar-refractivity contribution in [1.29, 1.82) is 0 Å². The highest BCUT2D eigenvalue weighted by Crippen LogP contribution is 2.42. The number of allylic oxidation sites excluding steroid dienone is 1. The van der Waals surface area contributed by atoms with Gasteiger partial charge in [-0.3, -0.25) is 0 Å². The van der Waals surface area contributed by atoms with Crippen molar-refractivity contribution < 1.29 is 9.16 Å². The molecule has 0 bridgehead atoms. The quantitative estimate of drug-likeness (QED) is 0.252. The summed E-state index contributed by atoms with van der Waals surface area (Å²) >= 11 is 0. The highest BCUT2D eigenvalue weighted by Gasteiger charge is 2.44. The molecule has 1 aromatic rings. The van der Waals surface area contributed by atoms with E-state index in [-0.39, 0.29) is 0 Å². The van der Waals surface area contributed by atoms with E-state index >= 15 is 0 Å². The highest BCUT2D eigenvalue weighted by atomic mass is 28.4. The number of methoxy groups -OCH3 is 1. The Kier molecular flexibility index (Phi) is 11.0. The van der Waals surface area contributed by atoms with Crippen LogP contribution in [-0.4, -0.2) is 22.0 Å². The van der Waals surface area contributed by atoms with Gasteiger partial charge in [0.2, 0.25) is 0 Å². The van der Waals surface area contributed by atoms with Crippen molar-refractivity contribution in [2.45, 2.75) is 90.3 Å². The zero-order chi connectivity index (χ0) is 20.3. The maximum absolute atomic E-state index is 6.63. The first-order valence-electron chi connectivity index (χ1n) is 10.8. The van der Waals surface area contributed by atoms with Gasteiger partial charge in [0, 0.05) is 6.61 Å². The Bertz CT molecular complexity index is 510. The lowest BCUT2D eigenvalue weighted by Gasteiger charge is -2.42. The average Bonchev–Trinajstić information content (AvgIpc) is 2.63. The van der Waals surface area contributed by atoms with E-state index < -0.39 is 8.32 Å². The van der Waals surface area contributed by atoms with Crippen molar-refractivity contribution in [3.05, 3.63) is 35.9 Å². The van der Waals surface area contributed by atoms with Crippen molar-refractivity contribution in [1.82, 2.24) is 0 Å². The van der Waals surface area contributed by atoms with Crippen LogP contribution in [0.15, 0.2) is 30.3 Å². The molecule has 0 radical (unpaired) electrons. The molecule has 0 saturated heterocycles. The molecular formula is C24H42O2Si. The first kappa shape index (κ1) is 24.0. The number of hydrogen-bond acceptors (Lipinski definition) is 2. The summed E-state index contributed by atoms with van der Waals surface area (Å²) in [6.07, 6.45) is 10.7. The Morgan fingerprint density at radius 2 is 1.37 bits per heavy atom. The molecule has 0 saturated carbocycles. The molecular weight excluding hydrogens is 348 g/mol. The first-order valence-corrected chi connectivity index (χ1v) is 12.9. The van der Waals surface area contributed by atoms with Gasteiger partial charge in [0.15, 0.2) is 8.32 Å². The molecule has 0 aliphatic rings. The number of rotatable bonds is 13. The molecule has 1 rings (SSSR count). The third-order valence-electron chi connectivity index (χ3n) is 5.75. The molecule has 0 aliphatic heterocycles. The number of unbranched alkanes of at least 4 members (excludes halogenated alkanes) is 4. The van der Waals surface area contributed by atoms with E-state index in [1.54, 1.807) is 7.11 Å². The molecule has 0 N–H and O–H groups in total. The second-order valence-electron chi connectivity index (χ2n) is 8.54. The minimum atomic E-state index is -1.67. The number of ether oxygens (including phenoxy) is 1. The third kappa shape index (κ3) is 7.46. The van der Waals surface area contributed by atoms with Crippen molar-refractivity contribution in [2.75, 3.05) is 13.7 Å². The van der Waals surface area contributed by atoms with Gasteiger partial charge in [-0.2, -0.15) is 0 Å². The van der Waals surface area contributed by atoms with Crippen molar-refractivity contribution in [3.8, 4) is 5.75 Å². The number of benzene rings is 1. The summed E-state index contributed by atoms with van der Waals surface area (Å²) in [7, 11) is 0.0277. The zero-order valence-electron chi connectivity index (χ0n) is 18.8. The van der Waals surface area contributed by atoms with Crippen LogP contribution in [0.5, 0.6) is 5.75 Å². The van der Waals surface area contributed by atoms with E-state index in [0.29, 0.717) is 16.6 Å². The standard InChI is InChI=1S/C24H42O2Si/c1-20(2)27(21(3)4,22(5)6)26-19-13-11-9-8-10-12-14-23-15-17-24(25-7)18-16-23/h12,14-18,20-22H,8-11,13,19H2,1-7H3/b14-12+. The van der Waals surface area contributed by atoms with Gasteiger partial charge in [-0.1, -0.05) is 78.7 Å². The molecule has 2 nitrogen and oxygen atoms in total. The Morgan fingerprint density at radius 1 is 0.815 bits per heavy atom. The fourth-order valence-electron chi connectivity index (χ4n) is 4.40. The van der Waals surface area contributed by atoms with Crippen LogP contribution >= 0.6 is 0 Å². The van der Waals surface area contributed by atoms with Crippen LogP contribution in [0.2, 0.25) is 16.6 Å². The van der Waals surface area contributed by atoms with Crippen molar-refractivity contribution >= 4 is 14.4 Å². The molecule has 3 heteroatoms. The van der Waals surface area contributed by atoms with Gasteiger partial charge in [-0.05, 0) is 53.6 Å². The van der Waals surface area contributed by atoms with Crippen molar-refractivity contribution in [3.63, 3.8) is 0 Å². The molecule has 27 heavy (non-hydrogen) atoms. The number of hydrogen-bond donors (Lipinski definition) is 0. The van der Waals surface area contributed by atoms with E-state index in [0.717, 1.165) is 18.8 Å². The Labute approximate surface area is 169 Å². The predicted molar refractivity (Wildman–Crippen MR) is 122 cm³/mol. The molecule has 0 aliphatic carbocycles. The molecule has 0 unspecified atom stereocenters. The smallest absolute Gasteiger partial charge is 0.200 e. The van der Waals surface area contributed by atoms with E-state index in [2.05, 4.69) is 65.8 Å². The maximum Gasteiger partial charge on any atom is 0.200 e. The predicted octanol–water partition coefficient (Wildman–Crippen LogP) is 7.85.